The number of halogens is 2. The number of hydrogen-bond donors (Lipinski definition) is 1. The summed E-state index contributed by atoms with van der Waals surface area (Å²) in [7, 11) is 0. The molecule has 18 heavy (non-hydrogen) atoms. The van der Waals surface area contributed by atoms with Gasteiger partial charge in [-0.1, -0.05) is 11.6 Å². The third kappa shape index (κ3) is 2.96. The average molecular weight is 288 g/mol. The molecule has 0 aliphatic rings. The minimum atomic E-state index is -1.07. The summed E-state index contributed by atoms with van der Waals surface area (Å²) in [6.45, 7) is 0.103. The summed E-state index contributed by atoms with van der Waals surface area (Å²) in [5, 5.41) is 10.3. The lowest BCUT2D eigenvalue weighted by molar-refractivity contribution is 0.0696. The fraction of sp³-hybridized carbons (Fsp3) is 0.0909. The van der Waals surface area contributed by atoms with Crippen LogP contribution in [0.2, 0.25) is 5.02 Å². The van der Waals surface area contributed by atoms with E-state index in [9.17, 15) is 9.18 Å². The van der Waals surface area contributed by atoms with Crippen LogP contribution in [0.1, 0.15) is 15.5 Å². The fourth-order valence-corrected chi connectivity index (χ4v) is 2.01. The first-order valence-corrected chi connectivity index (χ1v) is 6.07. The second kappa shape index (κ2) is 5.32. The maximum Gasteiger partial charge on any atom is 0.365 e. The Morgan fingerprint density at radius 1 is 1.56 bits per heavy atom. The van der Waals surface area contributed by atoms with Crippen LogP contribution in [-0.2, 0) is 6.61 Å². The van der Waals surface area contributed by atoms with Gasteiger partial charge in [0.25, 0.3) is 0 Å². The molecule has 1 aromatic heterocycles. The molecule has 4 nitrogen and oxygen atoms in total. The van der Waals surface area contributed by atoms with Gasteiger partial charge in [-0.3, -0.25) is 0 Å². The van der Waals surface area contributed by atoms with E-state index in [4.69, 9.17) is 21.4 Å². The Hall–Kier alpha value is -1.66. The first-order chi connectivity index (χ1) is 8.56. The smallest absolute Gasteiger partial charge is 0.365 e. The van der Waals surface area contributed by atoms with Gasteiger partial charge in [0.2, 0.25) is 5.01 Å². The van der Waals surface area contributed by atoms with E-state index in [1.54, 1.807) is 5.38 Å². The molecule has 0 bridgehead atoms. The van der Waals surface area contributed by atoms with Crippen molar-refractivity contribution in [2.75, 3.05) is 0 Å². The maximum atomic E-state index is 12.9. The van der Waals surface area contributed by atoms with Gasteiger partial charge in [-0.05, 0) is 12.1 Å². The highest BCUT2D eigenvalue weighted by Gasteiger charge is 2.09. The number of carboxylic acid groups (broad SMARTS) is 1. The molecule has 0 spiro atoms. The number of nitrogens with zero attached hydrogens (tertiary/aromatic N) is 1. The van der Waals surface area contributed by atoms with Crippen LogP contribution in [0.5, 0.6) is 5.75 Å². The Morgan fingerprint density at radius 3 is 2.94 bits per heavy atom. The van der Waals surface area contributed by atoms with Gasteiger partial charge in [0.1, 0.15) is 18.2 Å². The number of thiazole rings is 1. The molecule has 0 aliphatic carbocycles. The van der Waals surface area contributed by atoms with E-state index in [-0.39, 0.29) is 16.6 Å². The number of aromatic nitrogens is 1. The van der Waals surface area contributed by atoms with Crippen LogP contribution in [-0.4, -0.2) is 16.1 Å². The molecule has 2 rings (SSSR count). The van der Waals surface area contributed by atoms with Gasteiger partial charge in [-0.25, -0.2) is 14.2 Å². The maximum absolute atomic E-state index is 12.9. The summed E-state index contributed by atoms with van der Waals surface area (Å²) >= 11 is 6.62. The predicted octanol–water partition coefficient (Wildman–Crippen LogP) is 3.21. The molecule has 0 fully saturated rings. The Balaban J connectivity index is 2.02. The normalized spacial score (nSPS) is 10.3. The number of rotatable bonds is 4. The Labute approximate surface area is 111 Å². The van der Waals surface area contributed by atoms with Crippen molar-refractivity contribution >= 4 is 28.9 Å². The standard InChI is InChI=1S/C11H7ClFNO3S/c12-8-3-7(1-2-9(8)13)17-4-6-5-18-10(14-6)11(15)16/h1-3,5H,4H2,(H,15,16). The van der Waals surface area contributed by atoms with E-state index in [1.807, 2.05) is 0 Å². The summed E-state index contributed by atoms with van der Waals surface area (Å²) < 4.78 is 18.2. The third-order valence-corrected chi connectivity index (χ3v) is 3.18. The number of carboxylic acids is 1. The number of benzene rings is 1. The van der Waals surface area contributed by atoms with Gasteiger partial charge < -0.3 is 9.84 Å². The van der Waals surface area contributed by atoms with Crippen molar-refractivity contribution in [3.05, 3.63) is 45.1 Å². The number of carbonyl (C=O) groups is 1. The first kappa shape index (κ1) is 12.8. The average Bonchev–Trinajstić information content (AvgIpc) is 2.79. The molecule has 2 aromatic rings. The summed E-state index contributed by atoms with van der Waals surface area (Å²) in [6, 6.07) is 3.98. The number of ether oxygens (including phenoxy) is 1. The van der Waals surface area contributed by atoms with Gasteiger partial charge in [0.05, 0.1) is 10.7 Å². The molecule has 0 unspecified atom stereocenters. The zero-order valence-corrected chi connectivity index (χ0v) is 10.5. The van der Waals surface area contributed by atoms with Crippen molar-refractivity contribution in [1.29, 1.82) is 0 Å². The van der Waals surface area contributed by atoms with Gasteiger partial charge in [-0.2, -0.15) is 0 Å². The van der Waals surface area contributed by atoms with Crippen LogP contribution in [0.3, 0.4) is 0 Å². The Bertz CT molecular complexity index is 587. The summed E-state index contributed by atoms with van der Waals surface area (Å²) in [5.41, 5.74) is 0.498. The lowest BCUT2D eigenvalue weighted by Gasteiger charge is -2.04. The molecule has 0 saturated carbocycles. The van der Waals surface area contributed by atoms with E-state index in [2.05, 4.69) is 4.98 Å². The largest absolute Gasteiger partial charge is 0.487 e. The van der Waals surface area contributed by atoms with Gasteiger partial charge in [0.15, 0.2) is 0 Å². The lowest BCUT2D eigenvalue weighted by Crippen LogP contribution is -1.99. The molecular formula is C11H7ClFNO3S. The molecular weight excluding hydrogens is 281 g/mol. The first-order valence-electron chi connectivity index (χ1n) is 4.82. The lowest BCUT2D eigenvalue weighted by atomic mass is 10.3. The van der Waals surface area contributed by atoms with Crippen molar-refractivity contribution < 1.29 is 19.0 Å². The molecule has 0 atom stereocenters. The molecule has 0 aliphatic heterocycles. The van der Waals surface area contributed by atoms with Gasteiger partial charge in [-0.15, -0.1) is 11.3 Å². The van der Waals surface area contributed by atoms with Crippen LogP contribution in [0.4, 0.5) is 4.39 Å². The molecule has 0 amide bonds. The van der Waals surface area contributed by atoms with Gasteiger partial charge in [0, 0.05) is 11.4 Å². The van der Waals surface area contributed by atoms with Crippen molar-refractivity contribution in [1.82, 2.24) is 4.98 Å². The topological polar surface area (TPSA) is 59.4 Å². The van der Waals surface area contributed by atoms with Crippen molar-refractivity contribution in [2.45, 2.75) is 6.61 Å². The highest BCUT2D eigenvalue weighted by Crippen LogP contribution is 2.22. The summed E-state index contributed by atoms with van der Waals surface area (Å²) in [6.07, 6.45) is 0. The summed E-state index contributed by atoms with van der Waals surface area (Å²) in [5.74, 6) is -1.20. The summed E-state index contributed by atoms with van der Waals surface area (Å²) in [4.78, 5) is 14.5. The number of aromatic carboxylic acids is 1. The van der Waals surface area contributed by atoms with Crippen LogP contribution >= 0.6 is 22.9 Å². The Morgan fingerprint density at radius 2 is 2.33 bits per heavy atom. The minimum Gasteiger partial charge on any atom is -0.487 e. The van der Waals surface area contributed by atoms with Crippen molar-refractivity contribution in [2.24, 2.45) is 0 Å². The van der Waals surface area contributed by atoms with Crippen LogP contribution in [0.15, 0.2) is 23.6 Å². The highest BCUT2D eigenvalue weighted by molar-refractivity contribution is 7.11. The van der Waals surface area contributed by atoms with Crippen molar-refractivity contribution in [3.8, 4) is 5.75 Å². The van der Waals surface area contributed by atoms with Crippen LogP contribution in [0.25, 0.3) is 0 Å². The molecule has 0 radical (unpaired) electrons. The monoisotopic (exact) mass is 287 g/mol. The fourth-order valence-electron chi connectivity index (χ4n) is 1.20. The SMILES string of the molecule is O=C(O)c1nc(COc2ccc(F)c(Cl)c2)cs1. The van der Waals surface area contributed by atoms with E-state index in [0.717, 1.165) is 11.3 Å². The van der Waals surface area contributed by atoms with E-state index in [0.29, 0.717) is 11.4 Å². The zero-order valence-electron chi connectivity index (χ0n) is 8.89. The van der Waals surface area contributed by atoms with Gasteiger partial charge >= 0.3 is 5.97 Å². The van der Waals surface area contributed by atoms with Crippen LogP contribution in [0, 0.1) is 5.82 Å². The molecule has 94 valence electrons. The van der Waals surface area contributed by atoms with E-state index < -0.39 is 11.8 Å². The molecule has 0 saturated heterocycles. The molecule has 1 aromatic carbocycles. The Kier molecular flexibility index (Phi) is 3.78. The second-order valence-corrected chi connectivity index (χ2v) is 4.58. The minimum absolute atomic E-state index is 0.00531. The van der Waals surface area contributed by atoms with Crippen molar-refractivity contribution in [3.63, 3.8) is 0 Å². The molecule has 7 heteroatoms. The highest BCUT2D eigenvalue weighted by atomic mass is 35.5. The predicted molar refractivity (Wildman–Crippen MR) is 64.8 cm³/mol. The quantitative estimate of drug-likeness (QED) is 0.938. The third-order valence-electron chi connectivity index (χ3n) is 2.01. The molecule has 1 N–H and O–H groups in total. The zero-order chi connectivity index (χ0) is 13.1. The second-order valence-electron chi connectivity index (χ2n) is 3.31. The number of hydrogen-bond acceptors (Lipinski definition) is 4. The van der Waals surface area contributed by atoms with Crippen LogP contribution < -0.4 is 4.74 Å². The molecule has 1 heterocycles. The van der Waals surface area contributed by atoms with E-state index >= 15 is 0 Å². The van der Waals surface area contributed by atoms with E-state index in [1.165, 1.54) is 18.2 Å².